The fourth-order valence-corrected chi connectivity index (χ4v) is 4.63. The number of hydrogen-bond acceptors (Lipinski definition) is 3. The highest BCUT2D eigenvalue weighted by molar-refractivity contribution is 7.80. The Balaban J connectivity index is 1.60. The number of halogens is 1. The molecule has 2 aromatic carbocycles. The summed E-state index contributed by atoms with van der Waals surface area (Å²) in [4.78, 5) is 17.8. The van der Waals surface area contributed by atoms with Gasteiger partial charge in [-0.05, 0) is 73.9 Å². The standard InChI is InChI=1S/C26H30FN3O2S/c1-2-32-23-12-13-24-19(15-23)14-20(25(31)29-24)17-30(16-18-8-10-21(27)11-9-18)26(33)28-22-6-4-3-5-7-22/h8-15,22H,2-7,16-17H2,1H3,(H,28,33)(H,29,31). The molecule has 0 amide bonds. The highest BCUT2D eigenvalue weighted by Crippen LogP contribution is 2.21. The molecule has 0 radical (unpaired) electrons. The summed E-state index contributed by atoms with van der Waals surface area (Å²) < 4.78 is 19.0. The number of ether oxygens (including phenoxy) is 1. The highest BCUT2D eigenvalue weighted by atomic mass is 32.1. The van der Waals surface area contributed by atoms with Gasteiger partial charge in [-0.3, -0.25) is 4.79 Å². The topological polar surface area (TPSA) is 57.4 Å². The summed E-state index contributed by atoms with van der Waals surface area (Å²) >= 11 is 5.78. The van der Waals surface area contributed by atoms with E-state index in [0.29, 0.717) is 36.4 Å². The van der Waals surface area contributed by atoms with Crippen LogP contribution < -0.4 is 15.6 Å². The van der Waals surface area contributed by atoms with E-state index < -0.39 is 0 Å². The van der Waals surface area contributed by atoms with Gasteiger partial charge < -0.3 is 19.9 Å². The molecular weight excluding hydrogens is 437 g/mol. The molecular formula is C26H30FN3O2S. The van der Waals surface area contributed by atoms with Crippen LogP contribution in [0.5, 0.6) is 5.75 Å². The third-order valence-corrected chi connectivity index (χ3v) is 6.45. The third kappa shape index (κ3) is 6.11. The molecule has 1 heterocycles. The van der Waals surface area contributed by atoms with Gasteiger partial charge >= 0.3 is 0 Å². The van der Waals surface area contributed by atoms with E-state index in [-0.39, 0.29) is 11.4 Å². The number of rotatable bonds is 7. The molecule has 3 aromatic rings. The van der Waals surface area contributed by atoms with Crippen LogP contribution in [0, 0.1) is 5.82 Å². The molecule has 5 nitrogen and oxygen atoms in total. The van der Waals surface area contributed by atoms with Gasteiger partial charge in [0.05, 0.1) is 13.2 Å². The Labute approximate surface area is 199 Å². The zero-order valence-electron chi connectivity index (χ0n) is 18.9. The normalized spacial score (nSPS) is 14.2. The molecule has 0 spiro atoms. The van der Waals surface area contributed by atoms with Gasteiger partial charge in [0.2, 0.25) is 0 Å². The maximum Gasteiger partial charge on any atom is 0.253 e. The second-order valence-corrected chi connectivity index (χ2v) is 8.96. The Morgan fingerprint density at radius 2 is 1.88 bits per heavy atom. The molecule has 2 N–H and O–H groups in total. The van der Waals surface area contributed by atoms with E-state index >= 15 is 0 Å². The lowest BCUT2D eigenvalue weighted by molar-refractivity contribution is 0.340. The molecule has 0 atom stereocenters. The van der Waals surface area contributed by atoms with Gasteiger partial charge in [-0.25, -0.2) is 4.39 Å². The molecule has 7 heteroatoms. The first-order valence-electron chi connectivity index (χ1n) is 11.6. The maximum absolute atomic E-state index is 13.4. The summed E-state index contributed by atoms with van der Waals surface area (Å²) in [6.45, 7) is 3.35. The fourth-order valence-electron chi connectivity index (χ4n) is 4.33. The molecule has 0 aliphatic heterocycles. The van der Waals surface area contributed by atoms with Crippen molar-refractivity contribution in [3.05, 3.63) is 75.8 Å². The quantitative estimate of drug-likeness (QED) is 0.463. The SMILES string of the molecule is CCOc1ccc2[nH]c(=O)c(CN(Cc3ccc(F)cc3)C(=S)NC3CCCCC3)cc2c1. The molecule has 1 aliphatic rings. The van der Waals surface area contributed by atoms with Crippen molar-refractivity contribution in [1.29, 1.82) is 0 Å². The van der Waals surface area contributed by atoms with E-state index in [1.54, 1.807) is 12.1 Å². The predicted octanol–water partition coefficient (Wildman–Crippen LogP) is 5.28. The maximum atomic E-state index is 13.4. The minimum absolute atomic E-state index is 0.142. The van der Waals surface area contributed by atoms with Gasteiger partial charge in [-0.2, -0.15) is 0 Å². The number of nitrogens with zero attached hydrogens (tertiary/aromatic N) is 1. The van der Waals surface area contributed by atoms with Crippen molar-refractivity contribution in [2.24, 2.45) is 0 Å². The largest absolute Gasteiger partial charge is 0.494 e. The average molecular weight is 468 g/mol. The Kier molecular flexibility index (Phi) is 7.60. The minimum atomic E-state index is -0.274. The van der Waals surface area contributed by atoms with E-state index in [9.17, 15) is 9.18 Å². The van der Waals surface area contributed by atoms with E-state index in [0.717, 1.165) is 35.1 Å². The summed E-state index contributed by atoms with van der Waals surface area (Å²) in [6, 6.07) is 14.3. The molecule has 1 aliphatic carbocycles. The van der Waals surface area contributed by atoms with Gasteiger partial charge in [-0.15, -0.1) is 0 Å². The summed E-state index contributed by atoms with van der Waals surface area (Å²) in [7, 11) is 0. The lowest BCUT2D eigenvalue weighted by Crippen LogP contribution is -2.45. The molecule has 174 valence electrons. The van der Waals surface area contributed by atoms with Crippen molar-refractivity contribution in [3.63, 3.8) is 0 Å². The van der Waals surface area contributed by atoms with Crippen LogP contribution >= 0.6 is 12.2 Å². The van der Waals surface area contributed by atoms with Crippen LogP contribution in [0.3, 0.4) is 0 Å². The van der Waals surface area contributed by atoms with Crippen LogP contribution in [-0.2, 0) is 13.1 Å². The van der Waals surface area contributed by atoms with Gasteiger partial charge in [-0.1, -0.05) is 31.4 Å². The first-order valence-corrected chi connectivity index (χ1v) is 12.0. The van der Waals surface area contributed by atoms with Crippen molar-refractivity contribution >= 4 is 28.2 Å². The van der Waals surface area contributed by atoms with Crippen LogP contribution in [0.25, 0.3) is 10.9 Å². The molecule has 1 fully saturated rings. The van der Waals surface area contributed by atoms with E-state index in [4.69, 9.17) is 17.0 Å². The second-order valence-electron chi connectivity index (χ2n) is 8.57. The molecule has 0 saturated heterocycles. The summed E-state index contributed by atoms with van der Waals surface area (Å²) in [5, 5.41) is 5.03. The van der Waals surface area contributed by atoms with Crippen molar-refractivity contribution in [3.8, 4) is 5.75 Å². The number of H-pyrrole nitrogens is 1. The zero-order chi connectivity index (χ0) is 23.2. The monoisotopic (exact) mass is 467 g/mol. The number of hydrogen-bond donors (Lipinski definition) is 2. The van der Waals surface area contributed by atoms with Crippen LogP contribution in [0.1, 0.15) is 50.2 Å². The summed E-state index contributed by atoms with van der Waals surface area (Å²) in [5.41, 5.74) is 2.17. The van der Waals surface area contributed by atoms with Crippen LogP contribution in [0.2, 0.25) is 0 Å². The smallest absolute Gasteiger partial charge is 0.253 e. The number of benzene rings is 2. The zero-order valence-corrected chi connectivity index (χ0v) is 19.7. The Bertz CT molecular complexity index is 1160. The van der Waals surface area contributed by atoms with E-state index in [1.807, 2.05) is 36.1 Å². The molecule has 0 bridgehead atoms. The lowest BCUT2D eigenvalue weighted by atomic mass is 9.96. The Morgan fingerprint density at radius 1 is 1.12 bits per heavy atom. The average Bonchev–Trinajstić information content (AvgIpc) is 2.81. The number of thiocarbonyl (C=S) groups is 1. The van der Waals surface area contributed by atoms with Gasteiger partial charge in [0.15, 0.2) is 5.11 Å². The number of nitrogens with one attached hydrogen (secondary N) is 2. The molecule has 0 unspecified atom stereocenters. The number of pyridine rings is 1. The number of aromatic nitrogens is 1. The summed E-state index contributed by atoms with van der Waals surface area (Å²) in [5.74, 6) is 0.491. The van der Waals surface area contributed by atoms with Crippen LogP contribution in [0.4, 0.5) is 4.39 Å². The Morgan fingerprint density at radius 3 is 2.61 bits per heavy atom. The van der Waals surface area contributed by atoms with E-state index in [2.05, 4.69) is 10.3 Å². The second kappa shape index (κ2) is 10.8. The lowest BCUT2D eigenvalue weighted by Gasteiger charge is -2.31. The first kappa shape index (κ1) is 23.2. The van der Waals surface area contributed by atoms with Crippen molar-refractivity contribution in [2.75, 3.05) is 6.61 Å². The van der Waals surface area contributed by atoms with Gasteiger partial charge in [0.1, 0.15) is 11.6 Å². The fraction of sp³-hybridized carbons (Fsp3) is 0.385. The van der Waals surface area contributed by atoms with Crippen molar-refractivity contribution in [1.82, 2.24) is 15.2 Å². The molecule has 4 rings (SSSR count). The molecule has 33 heavy (non-hydrogen) atoms. The third-order valence-electron chi connectivity index (χ3n) is 6.07. The van der Waals surface area contributed by atoms with Crippen molar-refractivity contribution < 1.29 is 9.13 Å². The summed E-state index contributed by atoms with van der Waals surface area (Å²) in [6.07, 6.45) is 5.86. The predicted molar refractivity (Wildman–Crippen MR) is 134 cm³/mol. The number of fused-ring (bicyclic) bond motifs is 1. The molecule has 1 aromatic heterocycles. The highest BCUT2D eigenvalue weighted by Gasteiger charge is 2.19. The van der Waals surface area contributed by atoms with Crippen molar-refractivity contribution in [2.45, 2.75) is 58.2 Å². The number of aromatic amines is 1. The van der Waals surface area contributed by atoms with Crippen LogP contribution in [-0.4, -0.2) is 27.6 Å². The van der Waals surface area contributed by atoms with Gasteiger partial charge in [0.25, 0.3) is 5.56 Å². The first-order chi connectivity index (χ1) is 16.0. The minimum Gasteiger partial charge on any atom is -0.494 e. The van der Waals surface area contributed by atoms with Gasteiger partial charge in [0, 0.05) is 29.1 Å². The Hall–Kier alpha value is -2.93. The van der Waals surface area contributed by atoms with E-state index in [1.165, 1.54) is 31.4 Å². The van der Waals surface area contributed by atoms with Crippen LogP contribution in [0.15, 0.2) is 53.3 Å². The molecule has 1 saturated carbocycles.